The van der Waals surface area contributed by atoms with Crippen LogP contribution in [0.25, 0.3) is 0 Å². The molecule has 13 heavy (non-hydrogen) atoms. The maximum absolute atomic E-state index is 11.3. The number of hydrogen-bond acceptors (Lipinski definition) is 4. The van der Waals surface area contributed by atoms with Gasteiger partial charge in [-0.15, -0.1) is 0 Å². The standard InChI is InChI=1S/C8H15NO4/c10-3-1-2-9-8(11)7-4-12-6-13-5-7/h7,10H,1-6H2,(H,9,11). The van der Waals surface area contributed by atoms with Crippen molar-refractivity contribution in [1.82, 2.24) is 5.32 Å². The van der Waals surface area contributed by atoms with Crippen LogP contribution < -0.4 is 5.32 Å². The fourth-order valence-corrected chi connectivity index (χ4v) is 1.07. The summed E-state index contributed by atoms with van der Waals surface area (Å²) in [5.74, 6) is -0.263. The quantitative estimate of drug-likeness (QED) is 0.563. The average molecular weight is 189 g/mol. The van der Waals surface area contributed by atoms with Crippen LogP contribution in [0.2, 0.25) is 0 Å². The predicted molar refractivity (Wildman–Crippen MR) is 45.0 cm³/mol. The van der Waals surface area contributed by atoms with E-state index >= 15 is 0 Å². The van der Waals surface area contributed by atoms with Crippen LogP contribution in [0.5, 0.6) is 0 Å². The van der Waals surface area contributed by atoms with Crippen molar-refractivity contribution in [2.75, 3.05) is 33.2 Å². The van der Waals surface area contributed by atoms with Crippen molar-refractivity contribution in [3.05, 3.63) is 0 Å². The van der Waals surface area contributed by atoms with E-state index in [1.165, 1.54) is 0 Å². The first-order valence-electron chi connectivity index (χ1n) is 4.38. The van der Waals surface area contributed by atoms with Crippen molar-refractivity contribution in [2.24, 2.45) is 5.92 Å². The first-order valence-corrected chi connectivity index (χ1v) is 4.38. The summed E-state index contributed by atoms with van der Waals surface area (Å²) in [4.78, 5) is 11.3. The van der Waals surface area contributed by atoms with Gasteiger partial charge in [-0.25, -0.2) is 0 Å². The Morgan fingerprint density at radius 2 is 2.15 bits per heavy atom. The van der Waals surface area contributed by atoms with Crippen LogP contribution >= 0.6 is 0 Å². The fourth-order valence-electron chi connectivity index (χ4n) is 1.07. The lowest BCUT2D eigenvalue weighted by atomic mass is 10.1. The van der Waals surface area contributed by atoms with Crippen LogP contribution in [0.1, 0.15) is 6.42 Å². The number of carbonyl (C=O) groups excluding carboxylic acids is 1. The molecule has 0 saturated carbocycles. The van der Waals surface area contributed by atoms with E-state index in [0.717, 1.165) is 0 Å². The molecule has 1 amide bonds. The zero-order valence-corrected chi connectivity index (χ0v) is 7.49. The molecule has 0 unspecified atom stereocenters. The van der Waals surface area contributed by atoms with E-state index in [9.17, 15) is 4.79 Å². The van der Waals surface area contributed by atoms with Gasteiger partial charge in [0.25, 0.3) is 0 Å². The number of hydrogen-bond donors (Lipinski definition) is 2. The third kappa shape index (κ3) is 3.71. The number of nitrogens with one attached hydrogen (secondary N) is 1. The molecule has 5 heteroatoms. The molecule has 0 bridgehead atoms. The van der Waals surface area contributed by atoms with Gasteiger partial charge in [0.05, 0.1) is 19.1 Å². The summed E-state index contributed by atoms with van der Waals surface area (Å²) in [5.41, 5.74) is 0. The first kappa shape index (κ1) is 10.4. The number of ether oxygens (including phenoxy) is 2. The highest BCUT2D eigenvalue weighted by Gasteiger charge is 2.21. The molecular weight excluding hydrogens is 174 g/mol. The van der Waals surface area contributed by atoms with Gasteiger partial charge in [0, 0.05) is 13.2 Å². The largest absolute Gasteiger partial charge is 0.396 e. The summed E-state index contributed by atoms with van der Waals surface area (Å²) >= 11 is 0. The van der Waals surface area contributed by atoms with E-state index in [-0.39, 0.29) is 25.2 Å². The van der Waals surface area contributed by atoms with Crippen LogP contribution in [0.15, 0.2) is 0 Å². The Kier molecular flexibility index (Phi) is 4.74. The Morgan fingerprint density at radius 1 is 1.46 bits per heavy atom. The Hall–Kier alpha value is -0.650. The second kappa shape index (κ2) is 5.90. The summed E-state index contributed by atoms with van der Waals surface area (Å²) in [6.45, 7) is 1.72. The Bertz CT molecular complexity index is 156. The van der Waals surface area contributed by atoms with E-state index in [2.05, 4.69) is 5.32 Å². The maximum atomic E-state index is 11.3. The molecule has 76 valence electrons. The Morgan fingerprint density at radius 3 is 2.77 bits per heavy atom. The van der Waals surface area contributed by atoms with Gasteiger partial charge in [0.2, 0.25) is 5.91 Å². The lowest BCUT2D eigenvalue weighted by Crippen LogP contribution is -2.39. The number of rotatable bonds is 4. The topological polar surface area (TPSA) is 67.8 Å². The van der Waals surface area contributed by atoms with E-state index in [4.69, 9.17) is 14.6 Å². The molecule has 0 aromatic rings. The highest BCUT2D eigenvalue weighted by Crippen LogP contribution is 2.04. The van der Waals surface area contributed by atoms with Crippen molar-refractivity contribution < 1.29 is 19.4 Å². The minimum atomic E-state index is -0.201. The minimum Gasteiger partial charge on any atom is -0.396 e. The first-order chi connectivity index (χ1) is 6.34. The van der Waals surface area contributed by atoms with Gasteiger partial charge in [-0.05, 0) is 6.42 Å². The summed E-state index contributed by atoms with van der Waals surface area (Å²) in [5, 5.41) is 11.2. The molecular formula is C8H15NO4. The van der Waals surface area contributed by atoms with E-state index in [1.807, 2.05) is 0 Å². The van der Waals surface area contributed by atoms with Gasteiger partial charge in [0.1, 0.15) is 6.79 Å². The molecule has 0 spiro atoms. The second-order valence-corrected chi connectivity index (χ2v) is 2.92. The molecule has 1 aliphatic heterocycles. The summed E-state index contributed by atoms with van der Waals surface area (Å²) in [6, 6.07) is 0. The SMILES string of the molecule is O=C(NCCCO)C1COCOC1. The van der Waals surface area contributed by atoms with Crippen LogP contribution in [-0.2, 0) is 14.3 Å². The molecule has 0 atom stereocenters. The molecule has 0 aromatic carbocycles. The van der Waals surface area contributed by atoms with E-state index < -0.39 is 0 Å². The molecule has 1 saturated heterocycles. The monoisotopic (exact) mass is 189 g/mol. The van der Waals surface area contributed by atoms with E-state index in [1.54, 1.807) is 0 Å². The third-order valence-corrected chi connectivity index (χ3v) is 1.81. The van der Waals surface area contributed by atoms with Crippen LogP contribution in [0.3, 0.4) is 0 Å². The zero-order valence-electron chi connectivity index (χ0n) is 7.49. The lowest BCUT2D eigenvalue weighted by Gasteiger charge is -2.21. The van der Waals surface area contributed by atoms with Crippen LogP contribution in [-0.4, -0.2) is 44.2 Å². The van der Waals surface area contributed by atoms with Crippen LogP contribution in [0.4, 0.5) is 0 Å². The van der Waals surface area contributed by atoms with Crippen molar-refractivity contribution >= 4 is 5.91 Å². The second-order valence-electron chi connectivity index (χ2n) is 2.92. The van der Waals surface area contributed by atoms with Gasteiger partial charge in [-0.1, -0.05) is 0 Å². The molecule has 1 aliphatic rings. The summed E-state index contributed by atoms with van der Waals surface area (Å²) in [7, 11) is 0. The number of amides is 1. The predicted octanol–water partition coefficient (Wildman–Crippen LogP) is -0.895. The van der Waals surface area contributed by atoms with Gasteiger partial charge in [-0.3, -0.25) is 4.79 Å². The smallest absolute Gasteiger partial charge is 0.227 e. The molecule has 0 aromatic heterocycles. The summed E-state index contributed by atoms with van der Waals surface area (Å²) < 4.78 is 9.95. The molecule has 1 rings (SSSR count). The van der Waals surface area contributed by atoms with Crippen molar-refractivity contribution in [3.63, 3.8) is 0 Å². The van der Waals surface area contributed by atoms with Crippen molar-refractivity contribution in [2.45, 2.75) is 6.42 Å². The normalized spacial score (nSPS) is 18.5. The van der Waals surface area contributed by atoms with Crippen LogP contribution in [0, 0.1) is 5.92 Å². The molecule has 1 heterocycles. The van der Waals surface area contributed by atoms with Crippen molar-refractivity contribution in [3.8, 4) is 0 Å². The number of carbonyl (C=O) groups is 1. The highest BCUT2D eigenvalue weighted by molar-refractivity contribution is 5.78. The van der Waals surface area contributed by atoms with Crippen molar-refractivity contribution in [1.29, 1.82) is 0 Å². The molecule has 5 nitrogen and oxygen atoms in total. The fraction of sp³-hybridized carbons (Fsp3) is 0.875. The zero-order chi connectivity index (χ0) is 9.52. The van der Waals surface area contributed by atoms with Gasteiger partial charge >= 0.3 is 0 Å². The Balaban J connectivity index is 2.13. The molecule has 0 radical (unpaired) electrons. The van der Waals surface area contributed by atoms with Gasteiger partial charge in [-0.2, -0.15) is 0 Å². The average Bonchev–Trinajstić information content (AvgIpc) is 2.19. The molecule has 1 fully saturated rings. The molecule has 0 aliphatic carbocycles. The van der Waals surface area contributed by atoms with Gasteiger partial charge in [0.15, 0.2) is 0 Å². The van der Waals surface area contributed by atoms with Gasteiger partial charge < -0.3 is 19.9 Å². The lowest BCUT2D eigenvalue weighted by molar-refractivity contribution is -0.151. The maximum Gasteiger partial charge on any atom is 0.227 e. The highest BCUT2D eigenvalue weighted by atomic mass is 16.7. The molecule has 2 N–H and O–H groups in total. The minimum absolute atomic E-state index is 0.0619. The number of aliphatic hydroxyl groups excluding tert-OH is 1. The number of aliphatic hydroxyl groups is 1. The van der Waals surface area contributed by atoms with E-state index in [0.29, 0.717) is 26.2 Å². The third-order valence-electron chi connectivity index (χ3n) is 1.81. The summed E-state index contributed by atoms with van der Waals surface area (Å²) in [6.07, 6.45) is 0.584. The Labute approximate surface area is 77.0 Å².